The van der Waals surface area contributed by atoms with Gasteiger partial charge in [-0.2, -0.15) is 0 Å². The number of fused-ring (bicyclic) bond motifs is 1. The third kappa shape index (κ3) is 5.17. The third-order valence-electron chi connectivity index (χ3n) is 7.95. The van der Waals surface area contributed by atoms with Gasteiger partial charge in [-0.15, -0.1) is 0 Å². The van der Waals surface area contributed by atoms with Crippen LogP contribution in [0.5, 0.6) is 0 Å². The number of rotatable bonds is 7. The second kappa shape index (κ2) is 11.0. The first-order valence-corrected chi connectivity index (χ1v) is 13.1. The summed E-state index contributed by atoms with van der Waals surface area (Å²) >= 11 is 0. The SMILES string of the molecule is CC(=O)OC[C@]12[C@H](OC(C)=O)C(=O)[C@@H]3[C@@H](OC(C)=O)[C@]1(OC3(C)C)[C@H](C)[C@H](OC(C)=O)[C@H](OC(C)=O)[C@@H]2OC(C)=O. The minimum Gasteiger partial charge on any atom is -0.465 e. The van der Waals surface area contributed by atoms with E-state index in [-0.39, 0.29) is 0 Å². The molecule has 0 aromatic carbocycles. The molecular formula is C27H36O14. The molecule has 0 aromatic heterocycles. The highest BCUT2D eigenvalue weighted by atomic mass is 16.6. The summed E-state index contributed by atoms with van der Waals surface area (Å²) in [6, 6.07) is 0. The van der Waals surface area contributed by atoms with Crippen LogP contribution in [0.1, 0.15) is 62.3 Å². The number of ether oxygens (including phenoxy) is 7. The van der Waals surface area contributed by atoms with Crippen molar-refractivity contribution in [3.05, 3.63) is 0 Å². The highest BCUT2D eigenvalue weighted by Gasteiger charge is 2.87. The maximum Gasteiger partial charge on any atom is 0.303 e. The Kier molecular flexibility index (Phi) is 8.60. The van der Waals surface area contributed by atoms with Crippen LogP contribution < -0.4 is 0 Å². The number of hydrogen-bond donors (Lipinski definition) is 0. The van der Waals surface area contributed by atoms with E-state index in [0.29, 0.717) is 0 Å². The summed E-state index contributed by atoms with van der Waals surface area (Å²) in [6.07, 6.45) is -8.05. The summed E-state index contributed by atoms with van der Waals surface area (Å²) in [5.41, 5.74) is -5.56. The van der Waals surface area contributed by atoms with Gasteiger partial charge < -0.3 is 33.2 Å². The molecule has 2 bridgehead atoms. The van der Waals surface area contributed by atoms with Crippen molar-refractivity contribution in [2.24, 2.45) is 17.3 Å². The van der Waals surface area contributed by atoms with E-state index in [1.54, 1.807) is 13.8 Å². The van der Waals surface area contributed by atoms with Crippen LogP contribution in [-0.2, 0) is 66.7 Å². The Labute approximate surface area is 236 Å². The fourth-order valence-electron chi connectivity index (χ4n) is 6.97. The second-order valence-electron chi connectivity index (χ2n) is 11.2. The summed E-state index contributed by atoms with van der Waals surface area (Å²) < 4.78 is 40.5. The van der Waals surface area contributed by atoms with Crippen LogP contribution in [0, 0.1) is 17.3 Å². The molecule has 9 atom stereocenters. The number of esters is 6. The van der Waals surface area contributed by atoms with Crippen LogP contribution in [0.3, 0.4) is 0 Å². The van der Waals surface area contributed by atoms with Crippen molar-refractivity contribution in [2.75, 3.05) is 6.61 Å². The molecule has 0 unspecified atom stereocenters. The standard InChI is InChI=1S/C27H36O14/c1-11-20(36-13(3)29)21(37-14(4)30)24(40-17(7)33)26(10-35-12(2)28)23(39-16(6)32)19(34)18-22(38-15(5)31)27(11,26)41-25(18,8)9/h11,18,20-24H,10H2,1-9H3/t11-,18-,20+,21+,22-,23-,24+,26-,27-/m1/s1. The van der Waals surface area contributed by atoms with Crippen molar-refractivity contribution in [3.63, 3.8) is 0 Å². The van der Waals surface area contributed by atoms with Gasteiger partial charge in [0.05, 0.1) is 11.5 Å². The number of ketones is 1. The summed E-state index contributed by atoms with van der Waals surface area (Å²) in [7, 11) is 0. The minimum absolute atomic E-state index is 0.770. The Hall–Kier alpha value is -3.55. The first-order valence-electron chi connectivity index (χ1n) is 13.1. The normalized spacial score (nSPS) is 36.7. The number of carbonyl (C=O) groups is 7. The molecule has 41 heavy (non-hydrogen) atoms. The van der Waals surface area contributed by atoms with Crippen LogP contribution in [-0.4, -0.2) is 89.9 Å². The predicted octanol–water partition coefficient (Wildman–Crippen LogP) is 0.591. The first-order chi connectivity index (χ1) is 18.8. The van der Waals surface area contributed by atoms with E-state index in [9.17, 15) is 33.6 Å². The smallest absolute Gasteiger partial charge is 0.303 e. The molecule has 0 radical (unpaired) electrons. The zero-order valence-electron chi connectivity index (χ0n) is 24.5. The Morgan fingerprint density at radius 2 is 1.15 bits per heavy atom. The molecule has 1 saturated heterocycles. The number of hydrogen-bond acceptors (Lipinski definition) is 14. The highest BCUT2D eigenvalue weighted by molar-refractivity contribution is 5.93. The van der Waals surface area contributed by atoms with Gasteiger partial charge in [0, 0.05) is 47.5 Å². The Balaban J connectivity index is 2.56. The van der Waals surface area contributed by atoms with Crippen molar-refractivity contribution < 1.29 is 66.7 Å². The monoisotopic (exact) mass is 584 g/mol. The molecule has 0 aromatic rings. The lowest BCUT2D eigenvalue weighted by Gasteiger charge is -2.64. The molecule has 0 N–H and O–H groups in total. The summed E-state index contributed by atoms with van der Waals surface area (Å²) in [5.74, 6) is -8.26. The average Bonchev–Trinajstić information content (AvgIpc) is 3.00. The maximum atomic E-state index is 14.3. The lowest BCUT2D eigenvalue weighted by molar-refractivity contribution is -0.334. The first kappa shape index (κ1) is 32.0. The lowest BCUT2D eigenvalue weighted by Crippen LogP contribution is -2.83. The van der Waals surface area contributed by atoms with E-state index < -0.39 is 107 Å². The summed E-state index contributed by atoms with van der Waals surface area (Å²) in [6.45, 7) is 10.3. The van der Waals surface area contributed by atoms with Crippen LogP contribution in [0.4, 0.5) is 0 Å². The van der Waals surface area contributed by atoms with Gasteiger partial charge in [0.2, 0.25) is 0 Å². The van der Waals surface area contributed by atoms with Crippen molar-refractivity contribution in [2.45, 2.75) is 104 Å². The van der Waals surface area contributed by atoms with E-state index in [2.05, 4.69) is 0 Å². The number of carbonyl (C=O) groups excluding carboxylic acids is 7. The van der Waals surface area contributed by atoms with Crippen molar-refractivity contribution in [1.29, 1.82) is 0 Å². The van der Waals surface area contributed by atoms with Crippen LogP contribution in [0.2, 0.25) is 0 Å². The third-order valence-corrected chi connectivity index (χ3v) is 7.95. The van der Waals surface area contributed by atoms with Crippen LogP contribution in [0.25, 0.3) is 0 Å². The second-order valence-corrected chi connectivity index (χ2v) is 11.2. The van der Waals surface area contributed by atoms with Crippen molar-refractivity contribution >= 4 is 41.6 Å². The van der Waals surface area contributed by atoms with Gasteiger partial charge in [-0.1, -0.05) is 6.92 Å². The van der Waals surface area contributed by atoms with Gasteiger partial charge >= 0.3 is 35.8 Å². The van der Waals surface area contributed by atoms with E-state index >= 15 is 0 Å². The molecular weight excluding hydrogens is 548 g/mol. The Bertz CT molecular complexity index is 1160. The minimum atomic E-state index is -2.17. The molecule has 1 spiro atoms. The Morgan fingerprint density at radius 1 is 0.683 bits per heavy atom. The van der Waals surface area contributed by atoms with E-state index in [1.807, 2.05) is 0 Å². The highest BCUT2D eigenvalue weighted by Crippen LogP contribution is 2.67. The Morgan fingerprint density at radius 3 is 1.61 bits per heavy atom. The zero-order chi connectivity index (χ0) is 31.2. The van der Waals surface area contributed by atoms with Crippen molar-refractivity contribution in [3.8, 4) is 0 Å². The van der Waals surface area contributed by atoms with Gasteiger partial charge in [0.15, 0.2) is 24.1 Å². The number of Topliss-reactive ketones (excluding diaryl/α,β-unsaturated/α-hetero) is 1. The van der Waals surface area contributed by atoms with E-state index in [4.69, 9.17) is 33.2 Å². The van der Waals surface area contributed by atoms with Crippen LogP contribution in [0.15, 0.2) is 0 Å². The molecule has 14 heteroatoms. The average molecular weight is 585 g/mol. The molecule has 1 heterocycles. The van der Waals surface area contributed by atoms with Crippen molar-refractivity contribution in [1.82, 2.24) is 0 Å². The molecule has 2 aliphatic carbocycles. The molecule has 3 rings (SSSR count). The molecule has 2 saturated carbocycles. The van der Waals surface area contributed by atoms with Gasteiger partial charge in [0.1, 0.15) is 29.8 Å². The van der Waals surface area contributed by atoms with Gasteiger partial charge in [-0.25, -0.2) is 0 Å². The summed E-state index contributed by atoms with van der Waals surface area (Å²) in [5, 5.41) is 0. The van der Waals surface area contributed by atoms with Crippen LogP contribution >= 0.6 is 0 Å². The lowest BCUT2D eigenvalue weighted by atomic mass is 9.46. The van der Waals surface area contributed by atoms with Gasteiger partial charge in [-0.3, -0.25) is 33.6 Å². The maximum absolute atomic E-state index is 14.3. The zero-order valence-corrected chi connectivity index (χ0v) is 24.5. The molecule has 14 nitrogen and oxygen atoms in total. The fourth-order valence-corrected chi connectivity index (χ4v) is 6.97. The van der Waals surface area contributed by atoms with E-state index in [1.165, 1.54) is 6.92 Å². The van der Waals surface area contributed by atoms with Gasteiger partial charge in [-0.05, 0) is 13.8 Å². The quantitative estimate of drug-likeness (QED) is 0.299. The fraction of sp³-hybridized carbons (Fsp3) is 0.741. The molecule has 228 valence electrons. The molecule has 3 aliphatic rings. The molecule has 3 fully saturated rings. The topological polar surface area (TPSA) is 184 Å². The largest absolute Gasteiger partial charge is 0.465 e. The van der Waals surface area contributed by atoms with E-state index in [0.717, 1.165) is 41.5 Å². The summed E-state index contributed by atoms with van der Waals surface area (Å²) in [4.78, 5) is 88.8. The molecule has 0 amide bonds. The molecule has 1 aliphatic heterocycles. The predicted molar refractivity (Wildman–Crippen MR) is 132 cm³/mol. The van der Waals surface area contributed by atoms with Gasteiger partial charge in [0.25, 0.3) is 0 Å².